The monoisotopic (exact) mass is 337 g/mol. The average molecular weight is 337 g/mol. The molecule has 24 heavy (non-hydrogen) atoms. The number of halogens is 1. The van der Waals surface area contributed by atoms with E-state index in [1.54, 1.807) is 0 Å². The van der Waals surface area contributed by atoms with Crippen molar-refractivity contribution in [3.8, 4) is 0 Å². The Hall–Kier alpha value is -2.22. The molecule has 2 N–H and O–H groups in total. The Morgan fingerprint density at radius 3 is 2.71 bits per heavy atom. The van der Waals surface area contributed by atoms with Crippen molar-refractivity contribution < 1.29 is 19.2 Å². The minimum Gasteiger partial charge on any atom is -0.480 e. The minimum absolute atomic E-state index is 0.0323. The fourth-order valence-corrected chi connectivity index (χ4v) is 3.15. The Morgan fingerprint density at radius 1 is 1.42 bits per heavy atom. The van der Waals surface area contributed by atoms with Gasteiger partial charge in [0.15, 0.2) is 0 Å². The number of carboxylic acid groups (broad SMARTS) is 1. The lowest BCUT2D eigenvalue weighted by atomic mass is 9.85. The number of carboxylic acids is 1. The van der Waals surface area contributed by atoms with Crippen molar-refractivity contribution in [3.63, 3.8) is 0 Å². The number of nitrogens with one attached hydrogen (secondary N) is 1. The average Bonchev–Trinajstić information content (AvgIpc) is 3.26. The van der Waals surface area contributed by atoms with Crippen LogP contribution in [-0.4, -0.2) is 46.1 Å². The molecule has 0 atom stereocenters. The molecule has 0 bridgehead atoms. The summed E-state index contributed by atoms with van der Waals surface area (Å²) < 4.78 is 13.2. The number of nitrogens with zero attached hydrogens (tertiary/aromatic N) is 2. The summed E-state index contributed by atoms with van der Waals surface area (Å²) in [7, 11) is 0. The maximum absolute atomic E-state index is 13.2. The van der Waals surface area contributed by atoms with E-state index in [4.69, 9.17) is 5.11 Å². The smallest absolute Gasteiger partial charge is 0.317 e. The van der Waals surface area contributed by atoms with Crippen molar-refractivity contribution in [3.05, 3.63) is 34.1 Å². The third-order valence-corrected chi connectivity index (χ3v) is 4.67. The number of nitro groups is 1. The molecule has 7 nitrogen and oxygen atoms in total. The number of nitro benzene ring substituents is 1. The van der Waals surface area contributed by atoms with Crippen LogP contribution < -0.4 is 5.32 Å². The molecule has 3 rings (SSSR count). The van der Waals surface area contributed by atoms with Gasteiger partial charge < -0.3 is 10.4 Å². The first-order valence-electron chi connectivity index (χ1n) is 8.08. The number of hydrogen-bond donors (Lipinski definition) is 2. The number of hydrogen-bond acceptors (Lipinski definition) is 5. The van der Waals surface area contributed by atoms with Crippen LogP contribution >= 0.6 is 0 Å². The lowest BCUT2D eigenvalue weighted by Gasteiger charge is -2.43. The molecule has 1 aromatic rings. The van der Waals surface area contributed by atoms with Crippen LogP contribution in [0.4, 0.5) is 15.8 Å². The first kappa shape index (κ1) is 16.6. The largest absolute Gasteiger partial charge is 0.480 e. The van der Waals surface area contributed by atoms with Crippen LogP contribution in [0.25, 0.3) is 0 Å². The quantitative estimate of drug-likeness (QED) is 0.559. The second-order valence-electron chi connectivity index (χ2n) is 6.65. The van der Waals surface area contributed by atoms with E-state index in [9.17, 15) is 19.3 Å². The van der Waals surface area contributed by atoms with Crippen LogP contribution in [0.15, 0.2) is 18.2 Å². The Bertz CT molecular complexity index is 644. The van der Waals surface area contributed by atoms with Crippen molar-refractivity contribution in [1.29, 1.82) is 0 Å². The summed E-state index contributed by atoms with van der Waals surface area (Å²) in [6.07, 6.45) is 3.78. The summed E-state index contributed by atoms with van der Waals surface area (Å²) in [5.41, 5.74) is 0.0238. The second kappa shape index (κ2) is 6.72. The summed E-state index contributed by atoms with van der Waals surface area (Å²) in [6.45, 7) is 0.838. The second-order valence-corrected chi connectivity index (χ2v) is 6.65. The molecule has 0 aliphatic heterocycles. The third-order valence-electron chi connectivity index (χ3n) is 4.67. The van der Waals surface area contributed by atoms with Gasteiger partial charge >= 0.3 is 5.97 Å². The van der Waals surface area contributed by atoms with Crippen molar-refractivity contribution in [2.75, 3.05) is 18.4 Å². The van der Waals surface area contributed by atoms with Gasteiger partial charge in [-0.15, -0.1) is 0 Å². The zero-order chi connectivity index (χ0) is 17.3. The molecule has 0 amide bonds. The number of benzene rings is 1. The Kier molecular flexibility index (Phi) is 4.66. The predicted molar refractivity (Wildman–Crippen MR) is 85.4 cm³/mol. The first-order valence-corrected chi connectivity index (χ1v) is 8.08. The van der Waals surface area contributed by atoms with Gasteiger partial charge in [-0.3, -0.25) is 19.8 Å². The maximum atomic E-state index is 13.2. The van der Waals surface area contributed by atoms with Crippen molar-refractivity contribution in [2.45, 2.75) is 37.8 Å². The molecular weight excluding hydrogens is 317 g/mol. The molecule has 130 valence electrons. The number of aliphatic carboxylic acids is 1. The van der Waals surface area contributed by atoms with Gasteiger partial charge in [-0.25, -0.2) is 4.39 Å². The highest BCUT2D eigenvalue weighted by atomic mass is 19.1. The van der Waals surface area contributed by atoms with E-state index in [0.29, 0.717) is 11.6 Å². The molecular formula is C16H20FN3O4. The molecule has 1 aromatic carbocycles. The maximum Gasteiger partial charge on any atom is 0.317 e. The van der Waals surface area contributed by atoms with Crippen LogP contribution in [0, 0.1) is 21.8 Å². The molecule has 0 heterocycles. The van der Waals surface area contributed by atoms with Crippen LogP contribution in [0.3, 0.4) is 0 Å². The fraction of sp³-hybridized carbons (Fsp3) is 0.562. The van der Waals surface area contributed by atoms with Gasteiger partial charge in [0.25, 0.3) is 5.69 Å². The van der Waals surface area contributed by atoms with Gasteiger partial charge in [-0.1, -0.05) is 0 Å². The first-order chi connectivity index (χ1) is 11.4. The fourth-order valence-electron chi connectivity index (χ4n) is 3.15. The number of anilines is 1. The van der Waals surface area contributed by atoms with E-state index in [0.717, 1.165) is 38.3 Å². The summed E-state index contributed by atoms with van der Waals surface area (Å²) in [5, 5.41) is 23.1. The molecule has 2 aliphatic rings. The van der Waals surface area contributed by atoms with E-state index in [1.165, 1.54) is 12.1 Å². The highest BCUT2D eigenvalue weighted by Gasteiger charge is 2.37. The summed E-state index contributed by atoms with van der Waals surface area (Å²) >= 11 is 0. The van der Waals surface area contributed by atoms with Crippen LogP contribution in [0.5, 0.6) is 0 Å². The van der Waals surface area contributed by atoms with E-state index in [2.05, 4.69) is 5.32 Å². The molecule has 0 radical (unpaired) electrons. The molecule has 0 unspecified atom stereocenters. The number of rotatable bonds is 8. The summed E-state index contributed by atoms with van der Waals surface area (Å²) in [4.78, 5) is 23.4. The number of carbonyl (C=O) groups is 1. The summed E-state index contributed by atoms with van der Waals surface area (Å²) in [6, 6.07) is 3.69. The van der Waals surface area contributed by atoms with Gasteiger partial charge in [-0.2, -0.15) is 0 Å². The Morgan fingerprint density at radius 2 is 2.12 bits per heavy atom. The normalized spacial score (nSPS) is 22.9. The van der Waals surface area contributed by atoms with E-state index in [1.807, 2.05) is 4.90 Å². The van der Waals surface area contributed by atoms with Crippen molar-refractivity contribution in [2.24, 2.45) is 5.92 Å². The SMILES string of the molecule is O=C(O)CN(CC1CC1)C1CC(Nc2ccc(F)cc2[N+](=O)[O-])C1. The molecule has 2 aliphatic carbocycles. The van der Waals surface area contributed by atoms with Gasteiger partial charge in [-0.05, 0) is 43.7 Å². The molecule has 8 heteroatoms. The molecule has 0 saturated heterocycles. The van der Waals surface area contributed by atoms with Gasteiger partial charge in [0.1, 0.15) is 11.5 Å². The topological polar surface area (TPSA) is 95.7 Å². The third kappa shape index (κ3) is 4.00. The zero-order valence-corrected chi connectivity index (χ0v) is 13.2. The molecule has 2 fully saturated rings. The van der Waals surface area contributed by atoms with Gasteiger partial charge in [0.2, 0.25) is 0 Å². The highest BCUT2D eigenvalue weighted by Crippen LogP contribution is 2.36. The van der Waals surface area contributed by atoms with E-state index < -0.39 is 16.7 Å². The van der Waals surface area contributed by atoms with Crippen molar-refractivity contribution >= 4 is 17.3 Å². The standard InChI is InChI=1S/C16H20FN3O4/c17-11-3-4-14(15(5-11)20(23)24)18-12-6-13(7-12)19(9-16(21)22)8-10-1-2-10/h3-5,10,12-13,18H,1-2,6-9H2,(H,21,22). The van der Waals surface area contributed by atoms with Crippen molar-refractivity contribution in [1.82, 2.24) is 4.90 Å². The minimum atomic E-state index is -0.832. The van der Waals surface area contributed by atoms with E-state index >= 15 is 0 Å². The predicted octanol–water partition coefficient (Wildman–Crippen LogP) is 2.47. The molecule has 2 saturated carbocycles. The Balaban J connectivity index is 1.58. The van der Waals surface area contributed by atoms with E-state index in [-0.39, 0.29) is 24.3 Å². The molecule has 0 spiro atoms. The lowest BCUT2D eigenvalue weighted by molar-refractivity contribution is -0.384. The van der Waals surface area contributed by atoms with Crippen LogP contribution in [-0.2, 0) is 4.79 Å². The van der Waals surface area contributed by atoms with Crippen LogP contribution in [0.1, 0.15) is 25.7 Å². The lowest BCUT2D eigenvalue weighted by Crippen LogP contribution is -2.52. The molecule has 0 aromatic heterocycles. The Labute approximate surface area is 138 Å². The summed E-state index contributed by atoms with van der Waals surface area (Å²) in [5.74, 6) is -0.869. The van der Waals surface area contributed by atoms with Gasteiger partial charge in [0, 0.05) is 18.6 Å². The van der Waals surface area contributed by atoms with Gasteiger partial charge in [0.05, 0.1) is 17.5 Å². The van der Waals surface area contributed by atoms with Crippen LogP contribution in [0.2, 0.25) is 0 Å². The highest BCUT2D eigenvalue weighted by molar-refractivity contribution is 5.69. The zero-order valence-electron chi connectivity index (χ0n) is 13.2.